The highest BCUT2D eigenvalue weighted by molar-refractivity contribution is 6.04. The fraction of sp³-hybridized carbons (Fsp3) is 0.150. The molecule has 4 aromatic rings. The lowest BCUT2D eigenvalue weighted by Crippen LogP contribution is -2.32. The molecule has 2 aromatic heterocycles. The molecule has 0 saturated heterocycles. The summed E-state index contributed by atoms with van der Waals surface area (Å²) < 4.78 is 0.838. The second-order valence-corrected chi connectivity index (χ2v) is 6.70. The Morgan fingerprint density at radius 1 is 1.00 bits per heavy atom. The van der Waals surface area contributed by atoms with Crippen molar-refractivity contribution in [1.29, 1.82) is 0 Å². The molecule has 0 aliphatic rings. The minimum atomic E-state index is -0.573. The first-order valence-corrected chi connectivity index (χ1v) is 8.53. The molecule has 0 unspecified atom stereocenters. The molecule has 7 nitrogen and oxygen atoms in total. The first-order valence-electron chi connectivity index (χ1n) is 8.53. The van der Waals surface area contributed by atoms with Gasteiger partial charge >= 0.3 is 11.2 Å². The summed E-state index contributed by atoms with van der Waals surface area (Å²) >= 11 is 0. The van der Waals surface area contributed by atoms with Crippen molar-refractivity contribution in [2.24, 2.45) is 5.10 Å². The minimum Gasteiger partial charge on any atom is -0.378 e. The third-order valence-corrected chi connectivity index (χ3v) is 4.52. The van der Waals surface area contributed by atoms with Crippen LogP contribution in [0, 0.1) is 6.92 Å². The van der Waals surface area contributed by atoms with Crippen molar-refractivity contribution in [2.75, 3.05) is 19.0 Å². The number of hydrogen-bond acceptors (Lipinski definition) is 4. The van der Waals surface area contributed by atoms with Gasteiger partial charge in [0.05, 0.1) is 11.7 Å². The highest BCUT2D eigenvalue weighted by atomic mass is 16.2. The van der Waals surface area contributed by atoms with E-state index < -0.39 is 11.2 Å². The smallest absolute Gasteiger partial charge is 0.350 e. The Morgan fingerprint density at radius 2 is 1.74 bits per heavy atom. The molecule has 0 radical (unpaired) electrons. The molecule has 0 saturated carbocycles. The van der Waals surface area contributed by atoms with Gasteiger partial charge in [-0.1, -0.05) is 23.8 Å². The number of aryl methyl sites for hydroxylation is 1. The monoisotopic (exact) mass is 361 g/mol. The summed E-state index contributed by atoms with van der Waals surface area (Å²) in [7, 11) is 3.92. The van der Waals surface area contributed by atoms with Gasteiger partial charge in [-0.2, -0.15) is 5.10 Å². The molecule has 0 atom stereocenters. The summed E-state index contributed by atoms with van der Waals surface area (Å²) in [5.41, 5.74) is 3.47. The van der Waals surface area contributed by atoms with E-state index in [9.17, 15) is 9.59 Å². The zero-order valence-electron chi connectivity index (χ0n) is 15.3. The average Bonchev–Trinajstić information content (AvgIpc) is 3.00. The van der Waals surface area contributed by atoms with Gasteiger partial charge in [0.2, 0.25) is 0 Å². The molecule has 2 aromatic carbocycles. The summed E-state index contributed by atoms with van der Waals surface area (Å²) in [6.07, 6.45) is 1.49. The number of nitrogens with one attached hydrogen (secondary N) is 2. The van der Waals surface area contributed by atoms with Gasteiger partial charge in [0.1, 0.15) is 5.52 Å². The van der Waals surface area contributed by atoms with Crippen molar-refractivity contribution >= 4 is 33.8 Å². The molecule has 0 aliphatic heterocycles. The van der Waals surface area contributed by atoms with Gasteiger partial charge in [-0.05, 0) is 36.8 Å². The van der Waals surface area contributed by atoms with Crippen LogP contribution in [-0.2, 0) is 0 Å². The van der Waals surface area contributed by atoms with E-state index in [1.54, 1.807) is 0 Å². The number of rotatable bonds is 3. The number of H-pyrrole nitrogens is 2. The number of aromatic nitrogens is 3. The summed E-state index contributed by atoms with van der Waals surface area (Å²) in [6.45, 7) is 1.96. The summed E-state index contributed by atoms with van der Waals surface area (Å²) in [5.74, 6) is 0. The Balaban J connectivity index is 1.81. The van der Waals surface area contributed by atoms with Gasteiger partial charge < -0.3 is 14.9 Å². The molecule has 27 heavy (non-hydrogen) atoms. The van der Waals surface area contributed by atoms with Gasteiger partial charge in [-0.15, -0.1) is 4.68 Å². The number of aromatic amines is 2. The number of anilines is 1. The fourth-order valence-corrected chi connectivity index (χ4v) is 3.04. The zero-order valence-corrected chi connectivity index (χ0v) is 15.3. The fourth-order valence-electron chi connectivity index (χ4n) is 3.04. The molecule has 2 heterocycles. The maximum absolute atomic E-state index is 12.8. The molecule has 0 amide bonds. The molecule has 0 spiro atoms. The van der Waals surface area contributed by atoms with Crippen LogP contribution >= 0.6 is 0 Å². The Hall–Kier alpha value is -3.61. The van der Waals surface area contributed by atoms with Crippen LogP contribution in [-0.4, -0.2) is 35.0 Å². The van der Waals surface area contributed by atoms with Crippen molar-refractivity contribution in [3.63, 3.8) is 0 Å². The molecule has 0 fully saturated rings. The minimum absolute atomic E-state index is 0.329. The van der Waals surface area contributed by atoms with Gasteiger partial charge in [-0.3, -0.25) is 4.79 Å². The number of benzene rings is 2. The van der Waals surface area contributed by atoms with Crippen LogP contribution in [0.4, 0.5) is 5.69 Å². The van der Waals surface area contributed by atoms with E-state index in [1.807, 2.05) is 68.4 Å². The summed E-state index contributed by atoms with van der Waals surface area (Å²) in [6, 6.07) is 13.4. The molecule has 0 aliphatic carbocycles. The standard InChI is InChI=1S/C20H19N5O2/c1-12-4-9-16-15(10-12)17-18(22-16)19(26)25(20(27)23-17)21-11-13-5-7-14(8-6-13)24(2)3/h4-11,22H,1-3H3,(H,23,27)/b21-11+. The SMILES string of the molecule is Cc1ccc2[nH]c3c(=O)n(/N=C/c4ccc(N(C)C)cc4)c(=O)[nH]c3c2c1. The van der Waals surface area contributed by atoms with E-state index in [-0.39, 0.29) is 0 Å². The number of nitrogens with zero attached hydrogens (tertiary/aromatic N) is 3. The van der Waals surface area contributed by atoms with Crippen LogP contribution < -0.4 is 16.1 Å². The zero-order chi connectivity index (χ0) is 19.1. The molecule has 0 bridgehead atoms. The van der Waals surface area contributed by atoms with Crippen molar-refractivity contribution < 1.29 is 0 Å². The Bertz CT molecular complexity index is 1290. The molecular formula is C20H19N5O2. The summed E-state index contributed by atoms with van der Waals surface area (Å²) in [4.78, 5) is 33.0. The second-order valence-electron chi connectivity index (χ2n) is 6.70. The third-order valence-electron chi connectivity index (χ3n) is 4.52. The Morgan fingerprint density at radius 3 is 2.44 bits per heavy atom. The maximum atomic E-state index is 12.8. The second kappa shape index (κ2) is 6.28. The van der Waals surface area contributed by atoms with Crippen LogP contribution in [0.3, 0.4) is 0 Å². The first-order chi connectivity index (χ1) is 12.9. The lowest BCUT2D eigenvalue weighted by molar-refractivity contribution is 0.770. The number of hydrogen-bond donors (Lipinski definition) is 2. The summed E-state index contributed by atoms with van der Waals surface area (Å²) in [5, 5.41) is 4.90. The van der Waals surface area contributed by atoms with Crippen LogP contribution in [0.2, 0.25) is 0 Å². The largest absolute Gasteiger partial charge is 0.378 e. The third kappa shape index (κ3) is 2.93. The molecule has 4 rings (SSSR count). The van der Waals surface area contributed by atoms with Gasteiger partial charge in [-0.25, -0.2) is 4.79 Å². The van der Waals surface area contributed by atoms with E-state index in [1.165, 1.54) is 6.21 Å². The first kappa shape index (κ1) is 16.8. The van der Waals surface area contributed by atoms with Crippen LogP contribution in [0.25, 0.3) is 21.9 Å². The van der Waals surface area contributed by atoms with E-state index in [0.717, 1.165) is 32.4 Å². The Labute approximate surface area is 154 Å². The quantitative estimate of drug-likeness (QED) is 0.550. The van der Waals surface area contributed by atoms with Crippen molar-refractivity contribution in [3.8, 4) is 0 Å². The van der Waals surface area contributed by atoms with Gasteiger partial charge in [0.15, 0.2) is 0 Å². The molecule has 7 heteroatoms. The normalized spacial score (nSPS) is 11.7. The lowest BCUT2D eigenvalue weighted by atomic mass is 10.2. The topological polar surface area (TPSA) is 86.2 Å². The average molecular weight is 361 g/mol. The lowest BCUT2D eigenvalue weighted by Gasteiger charge is -2.11. The highest BCUT2D eigenvalue weighted by Gasteiger charge is 2.12. The van der Waals surface area contributed by atoms with Crippen LogP contribution in [0.5, 0.6) is 0 Å². The van der Waals surface area contributed by atoms with Crippen molar-refractivity contribution in [1.82, 2.24) is 14.6 Å². The predicted octanol–water partition coefficient (Wildman–Crippen LogP) is 2.43. The highest BCUT2D eigenvalue weighted by Crippen LogP contribution is 2.21. The number of fused-ring (bicyclic) bond motifs is 3. The maximum Gasteiger partial charge on any atom is 0.350 e. The predicted molar refractivity (Wildman–Crippen MR) is 109 cm³/mol. The van der Waals surface area contributed by atoms with E-state index in [0.29, 0.717) is 11.0 Å². The molecule has 2 N–H and O–H groups in total. The van der Waals surface area contributed by atoms with E-state index in [4.69, 9.17) is 0 Å². The van der Waals surface area contributed by atoms with Gasteiger partial charge in [0.25, 0.3) is 0 Å². The van der Waals surface area contributed by atoms with Crippen molar-refractivity contribution in [3.05, 3.63) is 74.4 Å². The van der Waals surface area contributed by atoms with Gasteiger partial charge in [0, 0.05) is 30.7 Å². The van der Waals surface area contributed by atoms with Crippen molar-refractivity contribution in [2.45, 2.75) is 6.92 Å². The van der Waals surface area contributed by atoms with Crippen LogP contribution in [0.1, 0.15) is 11.1 Å². The van der Waals surface area contributed by atoms with E-state index >= 15 is 0 Å². The molecule has 136 valence electrons. The van der Waals surface area contributed by atoms with Crippen LogP contribution in [0.15, 0.2) is 57.2 Å². The Kier molecular flexibility index (Phi) is 3.92. The van der Waals surface area contributed by atoms with E-state index in [2.05, 4.69) is 15.1 Å². The molecular weight excluding hydrogens is 342 g/mol.